The van der Waals surface area contributed by atoms with Crippen LogP contribution in [0.3, 0.4) is 0 Å². The van der Waals surface area contributed by atoms with Crippen LogP contribution < -0.4 is 14.4 Å². The number of anilines is 1. The lowest BCUT2D eigenvalue weighted by Gasteiger charge is -2.40. The van der Waals surface area contributed by atoms with Crippen molar-refractivity contribution in [2.45, 2.75) is 39.2 Å². The van der Waals surface area contributed by atoms with E-state index in [1.807, 2.05) is 19.1 Å². The average molecular weight is 351 g/mol. The monoisotopic (exact) mass is 351 g/mol. The maximum absolute atomic E-state index is 6.10. The lowest BCUT2D eigenvalue weighted by Crippen LogP contribution is -2.54. The number of benzene rings is 2. The number of hydrogen-bond acceptors (Lipinski definition) is 3. The van der Waals surface area contributed by atoms with E-state index in [2.05, 4.69) is 61.7 Å². The van der Waals surface area contributed by atoms with Gasteiger partial charge in [-0.05, 0) is 68.1 Å². The van der Waals surface area contributed by atoms with Gasteiger partial charge in [0.25, 0.3) is 0 Å². The number of nitrogens with zero attached hydrogens (tertiary/aromatic N) is 1. The molecule has 2 aromatic carbocycles. The first-order valence-corrected chi connectivity index (χ1v) is 9.44. The molecule has 1 atom stereocenters. The molecule has 0 aromatic heterocycles. The Morgan fingerprint density at radius 2 is 1.69 bits per heavy atom. The zero-order valence-electron chi connectivity index (χ0n) is 16.1. The SMILES string of the molecule is C=C(C)C[C@@H](C)c1ccc(OC2CN(c3ccc(OCC)cc3)C2)cc1. The molecule has 0 unspecified atom stereocenters. The van der Waals surface area contributed by atoms with Crippen molar-refractivity contribution < 1.29 is 9.47 Å². The maximum Gasteiger partial charge on any atom is 0.133 e. The highest BCUT2D eigenvalue weighted by Crippen LogP contribution is 2.28. The summed E-state index contributed by atoms with van der Waals surface area (Å²) in [5.41, 5.74) is 3.78. The first-order chi connectivity index (χ1) is 12.5. The van der Waals surface area contributed by atoms with Crippen LogP contribution in [0, 0.1) is 0 Å². The van der Waals surface area contributed by atoms with Crippen molar-refractivity contribution in [3.8, 4) is 11.5 Å². The smallest absolute Gasteiger partial charge is 0.133 e. The van der Waals surface area contributed by atoms with E-state index >= 15 is 0 Å². The predicted octanol–water partition coefficient (Wildman–Crippen LogP) is 5.42. The third-order valence-electron chi connectivity index (χ3n) is 4.77. The molecule has 2 aromatic rings. The molecule has 3 heteroatoms. The summed E-state index contributed by atoms with van der Waals surface area (Å²) in [6, 6.07) is 16.8. The van der Waals surface area contributed by atoms with Crippen molar-refractivity contribution in [1.29, 1.82) is 0 Å². The summed E-state index contributed by atoms with van der Waals surface area (Å²) < 4.78 is 11.6. The largest absolute Gasteiger partial charge is 0.494 e. The highest BCUT2D eigenvalue weighted by Gasteiger charge is 2.28. The Kier molecular flexibility index (Phi) is 5.87. The van der Waals surface area contributed by atoms with Crippen molar-refractivity contribution in [2.24, 2.45) is 0 Å². The van der Waals surface area contributed by atoms with Gasteiger partial charge >= 0.3 is 0 Å². The fourth-order valence-electron chi connectivity index (χ4n) is 3.35. The van der Waals surface area contributed by atoms with Crippen LogP contribution in [0.4, 0.5) is 5.69 Å². The maximum atomic E-state index is 6.10. The summed E-state index contributed by atoms with van der Waals surface area (Å²) in [6.45, 7) is 12.9. The van der Waals surface area contributed by atoms with Crippen LogP contribution >= 0.6 is 0 Å². The molecule has 1 aliphatic heterocycles. The van der Waals surface area contributed by atoms with Crippen molar-refractivity contribution in [3.05, 3.63) is 66.2 Å². The second kappa shape index (κ2) is 8.31. The van der Waals surface area contributed by atoms with Crippen LogP contribution in [0.5, 0.6) is 11.5 Å². The van der Waals surface area contributed by atoms with Gasteiger partial charge in [-0.25, -0.2) is 0 Å². The Bertz CT molecular complexity index is 715. The quantitative estimate of drug-likeness (QED) is 0.593. The van der Waals surface area contributed by atoms with E-state index in [0.717, 1.165) is 31.0 Å². The Balaban J connectivity index is 1.48. The van der Waals surface area contributed by atoms with Gasteiger partial charge in [0, 0.05) is 5.69 Å². The van der Waals surface area contributed by atoms with Gasteiger partial charge in [0.1, 0.15) is 17.6 Å². The van der Waals surface area contributed by atoms with Crippen molar-refractivity contribution in [1.82, 2.24) is 0 Å². The molecule has 0 bridgehead atoms. The molecule has 1 aliphatic rings. The molecule has 138 valence electrons. The first-order valence-electron chi connectivity index (χ1n) is 9.44. The van der Waals surface area contributed by atoms with Crippen molar-refractivity contribution >= 4 is 5.69 Å². The van der Waals surface area contributed by atoms with Crippen LogP contribution in [0.1, 0.15) is 38.7 Å². The Labute approximate surface area is 157 Å². The number of hydrogen-bond donors (Lipinski definition) is 0. The molecule has 1 saturated heterocycles. The summed E-state index contributed by atoms with van der Waals surface area (Å²) in [6.07, 6.45) is 1.28. The third-order valence-corrected chi connectivity index (χ3v) is 4.77. The van der Waals surface area contributed by atoms with Gasteiger partial charge in [-0.1, -0.05) is 24.6 Å². The van der Waals surface area contributed by atoms with Crippen LogP contribution in [0.2, 0.25) is 0 Å². The minimum absolute atomic E-state index is 0.250. The summed E-state index contributed by atoms with van der Waals surface area (Å²) in [7, 11) is 0. The van der Waals surface area contributed by atoms with Gasteiger partial charge in [0.15, 0.2) is 0 Å². The topological polar surface area (TPSA) is 21.7 Å². The van der Waals surface area contributed by atoms with E-state index in [0.29, 0.717) is 12.5 Å². The zero-order valence-corrected chi connectivity index (χ0v) is 16.1. The van der Waals surface area contributed by atoms with Crippen LogP contribution in [0.25, 0.3) is 0 Å². The van der Waals surface area contributed by atoms with Crippen molar-refractivity contribution in [3.63, 3.8) is 0 Å². The highest BCUT2D eigenvalue weighted by molar-refractivity contribution is 5.51. The summed E-state index contributed by atoms with van der Waals surface area (Å²) >= 11 is 0. The Morgan fingerprint density at radius 3 is 2.27 bits per heavy atom. The molecule has 1 heterocycles. The molecule has 0 N–H and O–H groups in total. The van der Waals surface area contributed by atoms with Gasteiger partial charge in [-0.15, -0.1) is 6.58 Å². The molecule has 0 aliphatic carbocycles. The van der Waals surface area contributed by atoms with Gasteiger partial charge in [-0.2, -0.15) is 0 Å². The van der Waals surface area contributed by atoms with Gasteiger partial charge in [0.2, 0.25) is 0 Å². The van der Waals surface area contributed by atoms with Crippen molar-refractivity contribution in [2.75, 3.05) is 24.6 Å². The number of rotatable bonds is 8. The summed E-state index contributed by atoms with van der Waals surface area (Å²) in [5, 5.41) is 0. The van der Waals surface area contributed by atoms with E-state index < -0.39 is 0 Å². The molecule has 26 heavy (non-hydrogen) atoms. The van der Waals surface area contributed by atoms with E-state index in [1.165, 1.54) is 16.8 Å². The van der Waals surface area contributed by atoms with Gasteiger partial charge in [0.05, 0.1) is 19.7 Å². The lowest BCUT2D eigenvalue weighted by atomic mass is 9.95. The molecule has 0 amide bonds. The molecule has 0 radical (unpaired) electrons. The predicted molar refractivity (Wildman–Crippen MR) is 109 cm³/mol. The fraction of sp³-hybridized carbons (Fsp3) is 0.391. The lowest BCUT2D eigenvalue weighted by molar-refractivity contribution is 0.167. The third kappa shape index (κ3) is 4.60. The van der Waals surface area contributed by atoms with E-state index in [4.69, 9.17) is 9.47 Å². The van der Waals surface area contributed by atoms with Gasteiger partial charge in [-0.3, -0.25) is 0 Å². The Hall–Kier alpha value is -2.42. The van der Waals surface area contributed by atoms with Crippen LogP contribution in [-0.4, -0.2) is 25.8 Å². The highest BCUT2D eigenvalue weighted by atomic mass is 16.5. The normalized spacial score (nSPS) is 15.3. The second-order valence-corrected chi connectivity index (χ2v) is 7.20. The molecule has 0 spiro atoms. The second-order valence-electron chi connectivity index (χ2n) is 7.20. The molecular weight excluding hydrogens is 322 g/mol. The standard InChI is InChI=1S/C23H29NO2/c1-5-25-21-12-8-20(9-13-21)24-15-23(16-24)26-22-10-6-19(7-11-22)18(4)14-17(2)3/h6-13,18,23H,2,5,14-16H2,1,3-4H3/t18-/m1/s1. The van der Waals surface area contributed by atoms with E-state index in [9.17, 15) is 0 Å². The molecule has 3 rings (SSSR count). The van der Waals surface area contributed by atoms with E-state index in [-0.39, 0.29) is 6.10 Å². The number of allylic oxidation sites excluding steroid dienone is 1. The molecule has 0 saturated carbocycles. The molecule has 1 fully saturated rings. The van der Waals surface area contributed by atoms with Gasteiger partial charge < -0.3 is 14.4 Å². The van der Waals surface area contributed by atoms with Crippen LogP contribution in [0.15, 0.2) is 60.7 Å². The molecular formula is C23H29NO2. The minimum atomic E-state index is 0.250. The fourth-order valence-corrected chi connectivity index (χ4v) is 3.35. The minimum Gasteiger partial charge on any atom is -0.494 e. The van der Waals surface area contributed by atoms with E-state index in [1.54, 1.807) is 0 Å². The first kappa shape index (κ1) is 18.4. The summed E-state index contributed by atoms with van der Waals surface area (Å²) in [5.74, 6) is 2.37. The Morgan fingerprint density at radius 1 is 1.08 bits per heavy atom. The number of ether oxygens (including phenoxy) is 2. The summed E-state index contributed by atoms with van der Waals surface area (Å²) in [4.78, 5) is 2.32. The van der Waals surface area contributed by atoms with Crippen LogP contribution in [-0.2, 0) is 0 Å². The average Bonchev–Trinajstić information content (AvgIpc) is 2.59. The zero-order chi connectivity index (χ0) is 18.5. The molecule has 3 nitrogen and oxygen atoms in total.